The Labute approximate surface area is 104 Å². The molecule has 0 saturated carbocycles. The highest BCUT2D eigenvalue weighted by atomic mass is 35.5. The largest absolute Gasteiger partial charge is 0.416 e. The molecule has 1 heterocycles. The normalized spacial score (nSPS) is 11.6. The Bertz CT molecular complexity index is 569. The van der Waals surface area contributed by atoms with Gasteiger partial charge in [-0.15, -0.1) is 0 Å². The molecule has 5 nitrogen and oxygen atoms in total. The van der Waals surface area contributed by atoms with E-state index in [0.29, 0.717) is 0 Å². The van der Waals surface area contributed by atoms with Gasteiger partial charge in [0.15, 0.2) is 0 Å². The molecule has 18 heavy (non-hydrogen) atoms. The average molecular weight is 279 g/mol. The van der Waals surface area contributed by atoms with Gasteiger partial charge in [-0.25, -0.2) is 0 Å². The van der Waals surface area contributed by atoms with Crippen molar-refractivity contribution >= 4 is 29.3 Å². The van der Waals surface area contributed by atoms with Crippen molar-refractivity contribution < 1.29 is 17.7 Å². The molecule has 0 saturated heterocycles. The molecule has 1 aromatic heterocycles. The van der Waals surface area contributed by atoms with Crippen LogP contribution >= 0.6 is 11.6 Å². The van der Waals surface area contributed by atoms with Gasteiger partial charge in [-0.2, -0.15) is 18.2 Å². The number of hydrogen-bond acceptors (Lipinski definition) is 5. The van der Waals surface area contributed by atoms with E-state index in [2.05, 4.69) is 20.0 Å². The van der Waals surface area contributed by atoms with E-state index >= 15 is 0 Å². The number of anilines is 3. The molecule has 0 aliphatic heterocycles. The zero-order chi connectivity index (χ0) is 13.3. The summed E-state index contributed by atoms with van der Waals surface area (Å²) < 4.78 is 42.2. The van der Waals surface area contributed by atoms with Gasteiger partial charge in [0, 0.05) is 10.7 Å². The Kier molecular flexibility index (Phi) is 3.04. The fraction of sp³-hybridized carbons (Fsp3) is 0.111. The predicted molar refractivity (Wildman–Crippen MR) is 58.4 cm³/mol. The molecule has 0 atom stereocenters. The molecule has 9 heteroatoms. The molecule has 0 aliphatic carbocycles. The number of nitrogens with two attached hydrogens (primary N) is 1. The Hall–Kier alpha value is -1.96. The number of aromatic nitrogens is 2. The van der Waals surface area contributed by atoms with Gasteiger partial charge in [-0.1, -0.05) is 11.6 Å². The monoisotopic (exact) mass is 278 g/mol. The molecule has 2 rings (SSSR count). The molecule has 2 aromatic rings. The number of alkyl halides is 3. The summed E-state index contributed by atoms with van der Waals surface area (Å²) in [5, 5.41) is 5.68. The van der Waals surface area contributed by atoms with Crippen molar-refractivity contribution in [3.05, 3.63) is 28.8 Å². The maximum absolute atomic E-state index is 12.5. The lowest BCUT2D eigenvalue weighted by molar-refractivity contribution is -0.137. The SMILES string of the molecule is Nc1noc(Nc2cc(Cl)cc(C(F)(F)F)c2)n1. The fourth-order valence-electron chi connectivity index (χ4n) is 1.23. The number of halogens is 4. The van der Waals surface area contributed by atoms with Crippen LogP contribution in [0, 0.1) is 0 Å². The van der Waals surface area contributed by atoms with E-state index in [9.17, 15) is 13.2 Å². The Morgan fingerprint density at radius 2 is 2.00 bits per heavy atom. The van der Waals surface area contributed by atoms with Crippen molar-refractivity contribution in [2.45, 2.75) is 6.18 Å². The Balaban J connectivity index is 2.31. The third kappa shape index (κ3) is 2.83. The van der Waals surface area contributed by atoms with Crippen molar-refractivity contribution in [3.8, 4) is 0 Å². The third-order valence-electron chi connectivity index (χ3n) is 1.92. The second-order valence-electron chi connectivity index (χ2n) is 3.31. The van der Waals surface area contributed by atoms with Gasteiger partial charge in [0.05, 0.1) is 5.56 Å². The molecule has 0 unspecified atom stereocenters. The standard InChI is InChI=1S/C9H6ClF3N4O/c10-5-1-4(9(11,12)13)2-6(3-5)15-8-16-7(14)17-18-8/h1-3H,(H3,14,15,16,17). The van der Waals surface area contributed by atoms with Gasteiger partial charge >= 0.3 is 12.2 Å². The number of nitrogens with one attached hydrogen (secondary N) is 1. The van der Waals surface area contributed by atoms with Crippen molar-refractivity contribution in [2.24, 2.45) is 0 Å². The number of benzene rings is 1. The van der Waals surface area contributed by atoms with Gasteiger partial charge < -0.3 is 15.6 Å². The molecule has 3 N–H and O–H groups in total. The number of nitrogen functional groups attached to an aromatic ring is 1. The van der Waals surface area contributed by atoms with E-state index in [1.54, 1.807) is 0 Å². The van der Waals surface area contributed by atoms with Crippen LogP contribution in [0.3, 0.4) is 0 Å². The average Bonchev–Trinajstić information content (AvgIpc) is 2.61. The van der Waals surface area contributed by atoms with Crippen LogP contribution in [0.2, 0.25) is 5.02 Å². The summed E-state index contributed by atoms with van der Waals surface area (Å²) in [6, 6.07) is 2.85. The van der Waals surface area contributed by atoms with Crippen molar-refractivity contribution in [1.29, 1.82) is 0 Å². The highest BCUT2D eigenvalue weighted by molar-refractivity contribution is 6.31. The van der Waals surface area contributed by atoms with Crippen molar-refractivity contribution in [3.63, 3.8) is 0 Å². The Morgan fingerprint density at radius 1 is 1.28 bits per heavy atom. The lowest BCUT2D eigenvalue weighted by atomic mass is 10.2. The molecule has 96 valence electrons. The van der Waals surface area contributed by atoms with Crippen molar-refractivity contribution in [1.82, 2.24) is 10.1 Å². The lowest BCUT2D eigenvalue weighted by Gasteiger charge is -2.09. The van der Waals surface area contributed by atoms with Crippen LogP contribution < -0.4 is 11.1 Å². The molecule has 0 fully saturated rings. The van der Waals surface area contributed by atoms with Gasteiger partial charge in [-0.05, 0) is 23.4 Å². The van der Waals surface area contributed by atoms with Gasteiger partial charge in [-0.3, -0.25) is 0 Å². The molecule has 0 spiro atoms. The summed E-state index contributed by atoms with van der Waals surface area (Å²) in [4.78, 5) is 3.59. The number of hydrogen-bond donors (Lipinski definition) is 2. The van der Waals surface area contributed by atoms with Gasteiger partial charge in [0.25, 0.3) is 5.95 Å². The maximum Gasteiger partial charge on any atom is 0.416 e. The first kappa shape index (κ1) is 12.5. The van der Waals surface area contributed by atoms with Crippen LogP contribution in [0.5, 0.6) is 0 Å². The van der Waals surface area contributed by atoms with E-state index in [0.717, 1.165) is 12.1 Å². The summed E-state index contributed by atoms with van der Waals surface area (Å²) in [6.07, 6.45) is -4.49. The molecular formula is C9H6ClF3N4O. The van der Waals surface area contributed by atoms with E-state index in [4.69, 9.17) is 17.3 Å². The maximum atomic E-state index is 12.5. The number of rotatable bonds is 2. The molecule has 1 aromatic carbocycles. The highest BCUT2D eigenvalue weighted by Gasteiger charge is 2.31. The highest BCUT2D eigenvalue weighted by Crippen LogP contribution is 2.33. The minimum Gasteiger partial charge on any atom is -0.365 e. The van der Waals surface area contributed by atoms with E-state index in [-0.39, 0.29) is 22.7 Å². The number of nitrogens with zero attached hydrogens (tertiary/aromatic N) is 2. The summed E-state index contributed by atoms with van der Waals surface area (Å²) in [7, 11) is 0. The first-order chi connectivity index (χ1) is 8.34. The van der Waals surface area contributed by atoms with Crippen LogP contribution in [0.15, 0.2) is 22.7 Å². The van der Waals surface area contributed by atoms with Crippen LogP contribution in [-0.4, -0.2) is 10.1 Å². The summed E-state index contributed by atoms with van der Waals surface area (Å²) >= 11 is 5.60. The van der Waals surface area contributed by atoms with Crippen LogP contribution in [0.25, 0.3) is 0 Å². The second-order valence-corrected chi connectivity index (χ2v) is 3.75. The summed E-state index contributed by atoms with van der Waals surface area (Å²) in [5.74, 6) is -0.129. The molecule has 0 aliphatic rings. The molecule has 0 radical (unpaired) electrons. The second kappa shape index (κ2) is 4.37. The topological polar surface area (TPSA) is 77.0 Å². The molecule has 0 amide bonds. The quantitative estimate of drug-likeness (QED) is 0.883. The van der Waals surface area contributed by atoms with E-state index in [1.807, 2.05) is 0 Å². The smallest absolute Gasteiger partial charge is 0.365 e. The third-order valence-corrected chi connectivity index (χ3v) is 2.14. The van der Waals surface area contributed by atoms with Crippen LogP contribution in [0.4, 0.5) is 30.8 Å². The zero-order valence-corrected chi connectivity index (χ0v) is 9.38. The Morgan fingerprint density at radius 3 is 2.56 bits per heavy atom. The van der Waals surface area contributed by atoms with Gasteiger partial charge in [0.2, 0.25) is 0 Å². The summed E-state index contributed by atoms with van der Waals surface area (Å²) in [5.41, 5.74) is 4.38. The minimum absolute atomic E-state index is 0.0680. The predicted octanol–water partition coefficient (Wildman–Crippen LogP) is 3.07. The van der Waals surface area contributed by atoms with E-state index in [1.165, 1.54) is 6.07 Å². The van der Waals surface area contributed by atoms with Crippen LogP contribution in [0.1, 0.15) is 5.56 Å². The van der Waals surface area contributed by atoms with Crippen LogP contribution in [-0.2, 0) is 6.18 Å². The fourth-order valence-corrected chi connectivity index (χ4v) is 1.47. The first-order valence-corrected chi connectivity index (χ1v) is 4.96. The zero-order valence-electron chi connectivity index (χ0n) is 8.62. The van der Waals surface area contributed by atoms with Crippen molar-refractivity contribution in [2.75, 3.05) is 11.1 Å². The molecular weight excluding hydrogens is 273 g/mol. The lowest BCUT2D eigenvalue weighted by Crippen LogP contribution is -2.05. The van der Waals surface area contributed by atoms with E-state index < -0.39 is 11.7 Å². The minimum atomic E-state index is -4.49. The summed E-state index contributed by atoms with van der Waals surface area (Å²) in [6.45, 7) is 0. The van der Waals surface area contributed by atoms with Gasteiger partial charge in [0.1, 0.15) is 0 Å². The first-order valence-electron chi connectivity index (χ1n) is 4.58. The molecule has 0 bridgehead atoms.